The topological polar surface area (TPSA) is 66.4 Å². The molecule has 2 N–H and O–H groups in total. The fourth-order valence-electron chi connectivity index (χ4n) is 1.96. The van der Waals surface area contributed by atoms with Crippen LogP contribution in [0.2, 0.25) is 0 Å². The van der Waals surface area contributed by atoms with Gasteiger partial charge in [0.1, 0.15) is 4.90 Å². The van der Waals surface area contributed by atoms with Gasteiger partial charge in [0.05, 0.1) is 5.69 Å². The standard InChI is InChI=1S/C14H17NO3S/c1-10(2)9-15-14-12-6-4-3-5-11(12)7-8-13(14)19(16,17)18/h3-8,10,15H,9H2,1-2H3,(H,16,17,18). The molecule has 0 fully saturated rings. The largest absolute Gasteiger partial charge is 0.383 e. The van der Waals surface area contributed by atoms with Crippen molar-refractivity contribution < 1.29 is 13.0 Å². The Morgan fingerprint density at radius 1 is 1.16 bits per heavy atom. The Hall–Kier alpha value is -1.59. The van der Waals surface area contributed by atoms with E-state index in [4.69, 9.17) is 0 Å². The summed E-state index contributed by atoms with van der Waals surface area (Å²) in [5.41, 5.74) is 0.467. The first kappa shape index (κ1) is 13.8. The quantitative estimate of drug-likeness (QED) is 0.844. The van der Waals surface area contributed by atoms with E-state index in [1.165, 1.54) is 6.07 Å². The van der Waals surface area contributed by atoms with Crippen molar-refractivity contribution in [2.75, 3.05) is 11.9 Å². The van der Waals surface area contributed by atoms with E-state index in [0.29, 0.717) is 18.2 Å². The molecule has 0 aliphatic carbocycles. The van der Waals surface area contributed by atoms with Crippen LogP contribution >= 0.6 is 0 Å². The molecule has 0 spiro atoms. The molecule has 0 bridgehead atoms. The average Bonchev–Trinajstić information content (AvgIpc) is 2.34. The zero-order valence-electron chi connectivity index (χ0n) is 10.9. The van der Waals surface area contributed by atoms with Crippen molar-refractivity contribution in [1.82, 2.24) is 0 Å². The van der Waals surface area contributed by atoms with Crippen LogP contribution in [0.5, 0.6) is 0 Å². The van der Waals surface area contributed by atoms with Gasteiger partial charge >= 0.3 is 0 Å². The van der Waals surface area contributed by atoms with Gasteiger partial charge in [0.15, 0.2) is 0 Å². The van der Waals surface area contributed by atoms with Gasteiger partial charge in [-0.15, -0.1) is 0 Å². The zero-order valence-corrected chi connectivity index (χ0v) is 11.7. The molecular formula is C14H17NO3S. The molecule has 0 saturated heterocycles. The third-order valence-electron chi connectivity index (χ3n) is 2.86. The number of fused-ring (bicyclic) bond motifs is 1. The van der Waals surface area contributed by atoms with Gasteiger partial charge in [-0.1, -0.05) is 44.2 Å². The SMILES string of the molecule is CC(C)CNc1c(S(=O)(=O)O)ccc2ccccc12. The van der Waals surface area contributed by atoms with Gasteiger partial charge in [0.2, 0.25) is 0 Å². The van der Waals surface area contributed by atoms with Gasteiger partial charge in [-0.2, -0.15) is 8.42 Å². The molecule has 0 saturated carbocycles. The minimum Gasteiger partial charge on any atom is -0.383 e. The van der Waals surface area contributed by atoms with E-state index >= 15 is 0 Å². The second kappa shape index (κ2) is 5.19. The lowest BCUT2D eigenvalue weighted by atomic mass is 10.1. The summed E-state index contributed by atoms with van der Waals surface area (Å²) in [6, 6.07) is 10.6. The minimum absolute atomic E-state index is 0.0770. The molecule has 2 rings (SSSR count). The van der Waals surface area contributed by atoms with Crippen LogP contribution in [-0.4, -0.2) is 19.5 Å². The van der Waals surface area contributed by atoms with E-state index in [1.807, 2.05) is 38.1 Å². The lowest BCUT2D eigenvalue weighted by Gasteiger charge is -2.15. The third-order valence-corrected chi connectivity index (χ3v) is 3.75. The molecule has 0 heterocycles. The summed E-state index contributed by atoms with van der Waals surface area (Å²) >= 11 is 0. The van der Waals surface area contributed by atoms with Gasteiger partial charge in [-0.25, -0.2) is 0 Å². The summed E-state index contributed by atoms with van der Waals surface area (Å²) < 4.78 is 32.2. The fraction of sp³-hybridized carbons (Fsp3) is 0.286. The van der Waals surface area contributed by atoms with E-state index in [1.54, 1.807) is 6.07 Å². The zero-order chi connectivity index (χ0) is 14.0. The highest BCUT2D eigenvalue weighted by Gasteiger charge is 2.17. The molecule has 4 nitrogen and oxygen atoms in total. The molecule has 2 aromatic carbocycles. The summed E-state index contributed by atoms with van der Waals surface area (Å²) in [5, 5.41) is 4.84. The first-order valence-corrected chi connectivity index (χ1v) is 7.56. The van der Waals surface area contributed by atoms with Gasteiger partial charge in [-0.3, -0.25) is 4.55 Å². The normalized spacial score (nSPS) is 12.0. The number of anilines is 1. The lowest BCUT2D eigenvalue weighted by Crippen LogP contribution is -2.12. The summed E-state index contributed by atoms with van der Waals surface area (Å²) in [4.78, 5) is -0.0770. The number of hydrogen-bond acceptors (Lipinski definition) is 3. The predicted molar refractivity (Wildman–Crippen MR) is 77.1 cm³/mol. The van der Waals surface area contributed by atoms with Crippen LogP contribution in [0.3, 0.4) is 0 Å². The van der Waals surface area contributed by atoms with E-state index in [0.717, 1.165) is 10.8 Å². The Bertz CT molecular complexity index is 693. The molecule has 0 unspecified atom stereocenters. The second-order valence-electron chi connectivity index (χ2n) is 4.91. The monoisotopic (exact) mass is 279 g/mol. The molecule has 0 aromatic heterocycles. The van der Waals surface area contributed by atoms with Crippen LogP contribution < -0.4 is 5.32 Å². The summed E-state index contributed by atoms with van der Waals surface area (Å²) in [6.45, 7) is 4.70. The van der Waals surface area contributed by atoms with Crippen LogP contribution in [0.4, 0.5) is 5.69 Å². The van der Waals surface area contributed by atoms with Crippen molar-refractivity contribution in [2.24, 2.45) is 5.92 Å². The first-order valence-electron chi connectivity index (χ1n) is 6.12. The van der Waals surface area contributed by atoms with Crippen molar-refractivity contribution in [2.45, 2.75) is 18.7 Å². The summed E-state index contributed by atoms with van der Waals surface area (Å²) in [6.07, 6.45) is 0. The maximum absolute atomic E-state index is 11.5. The Balaban J connectivity index is 2.65. The Labute approximate surface area is 113 Å². The van der Waals surface area contributed by atoms with Crippen molar-refractivity contribution in [3.63, 3.8) is 0 Å². The Morgan fingerprint density at radius 3 is 2.47 bits per heavy atom. The molecule has 0 amide bonds. The molecule has 5 heteroatoms. The second-order valence-corrected chi connectivity index (χ2v) is 6.30. The van der Waals surface area contributed by atoms with Gasteiger partial charge in [0.25, 0.3) is 10.1 Å². The van der Waals surface area contributed by atoms with Crippen molar-refractivity contribution in [3.8, 4) is 0 Å². The molecule has 0 radical (unpaired) electrons. The van der Waals surface area contributed by atoms with Gasteiger partial charge in [0, 0.05) is 11.9 Å². The van der Waals surface area contributed by atoms with Gasteiger partial charge < -0.3 is 5.32 Å². The number of nitrogens with one attached hydrogen (secondary N) is 1. The van der Waals surface area contributed by atoms with E-state index < -0.39 is 10.1 Å². The van der Waals surface area contributed by atoms with E-state index in [9.17, 15) is 13.0 Å². The van der Waals surface area contributed by atoms with Crippen LogP contribution in [0.15, 0.2) is 41.3 Å². The van der Waals surface area contributed by atoms with Crippen LogP contribution in [0, 0.1) is 5.92 Å². The van der Waals surface area contributed by atoms with Crippen LogP contribution in [0.1, 0.15) is 13.8 Å². The van der Waals surface area contributed by atoms with Crippen molar-refractivity contribution >= 4 is 26.6 Å². The van der Waals surface area contributed by atoms with Crippen LogP contribution in [0.25, 0.3) is 10.8 Å². The maximum atomic E-state index is 11.5. The molecule has 2 aromatic rings. The van der Waals surface area contributed by atoms with E-state index in [-0.39, 0.29) is 4.90 Å². The molecule has 0 atom stereocenters. The highest BCUT2D eigenvalue weighted by Crippen LogP contribution is 2.30. The average molecular weight is 279 g/mol. The Kier molecular flexibility index (Phi) is 3.78. The number of benzene rings is 2. The molecular weight excluding hydrogens is 262 g/mol. The smallest absolute Gasteiger partial charge is 0.296 e. The third kappa shape index (κ3) is 3.05. The number of rotatable bonds is 4. The highest BCUT2D eigenvalue weighted by atomic mass is 32.2. The maximum Gasteiger partial charge on any atom is 0.296 e. The lowest BCUT2D eigenvalue weighted by molar-refractivity contribution is 0.483. The van der Waals surface area contributed by atoms with Gasteiger partial charge in [-0.05, 0) is 17.4 Å². The number of hydrogen-bond donors (Lipinski definition) is 2. The van der Waals surface area contributed by atoms with Crippen molar-refractivity contribution in [1.29, 1.82) is 0 Å². The molecule has 102 valence electrons. The minimum atomic E-state index is -4.24. The summed E-state index contributed by atoms with van der Waals surface area (Å²) in [5.74, 6) is 0.369. The summed E-state index contributed by atoms with van der Waals surface area (Å²) in [7, 11) is -4.24. The fourth-order valence-corrected chi connectivity index (χ4v) is 2.64. The molecule has 0 aliphatic heterocycles. The molecule has 19 heavy (non-hydrogen) atoms. The van der Waals surface area contributed by atoms with E-state index in [2.05, 4.69) is 5.32 Å². The van der Waals surface area contributed by atoms with Crippen LogP contribution in [-0.2, 0) is 10.1 Å². The van der Waals surface area contributed by atoms with Crippen molar-refractivity contribution in [3.05, 3.63) is 36.4 Å². The Morgan fingerprint density at radius 2 is 1.84 bits per heavy atom. The first-order chi connectivity index (χ1) is 8.89. The molecule has 0 aliphatic rings. The predicted octanol–water partition coefficient (Wildman–Crippen LogP) is 3.15. The highest BCUT2D eigenvalue weighted by molar-refractivity contribution is 7.86.